The number of hydrogen-bond acceptors (Lipinski definition) is 3. The first-order chi connectivity index (χ1) is 12.5. The van der Waals surface area contributed by atoms with E-state index in [1.807, 2.05) is 10.6 Å². The van der Waals surface area contributed by atoms with Crippen molar-refractivity contribution in [2.75, 3.05) is 12.4 Å². The molecule has 6 heteroatoms. The molecule has 0 unspecified atom stereocenters. The van der Waals surface area contributed by atoms with E-state index in [2.05, 4.69) is 28.2 Å². The highest BCUT2D eigenvalue weighted by Gasteiger charge is 2.25. The highest BCUT2D eigenvalue weighted by molar-refractivity contribution is 9.10. The van der Waals surface area contributed by atoms with Gasteiger partial charge in [-0.05, 0) is 43.2 Å². The Morgan fingerprint density at radius 2 is 2.12 bits per heavy atom. The lowest BCUT2D eigenvalue weighted by Gasteiger charge is -2.13. The van der Waals surface area contributed by atoms with Gasteiger partial charge in [0.1, 0.15) is 11.3 Å². The van der Waals surface area contributed by atoms with Crippen LogP contribution in [-0.2, 0) is 6.42 Å². The van der Waals surface area contributed by atoms with Gasteiger partial charge < -0.3 is 14.6 Å². The Morgan fingerprint density at radius 1 is 1.31 bits per heavy atom. The largest absolute Gasteiger partial charge is 0.497 e. The van der Waals surface area contributed by atoms with Gasteiger partial charge in [0.2, 0.25) is 5.43 Å². The quantitative estimate of drug-likeness (QED) is 0.702. The van der Waals surface area contributed by atoms with Crippen molar-refractivity contribution in [1.82, 2.24) is 4.57 Å². The van der Waals surface area contributed by atoms with Gasteiger partial charge in [-0.3, -0.25) is 9.59 Å². The molecule has 0 bridgehead atoms. The first kappa shape index (κ1) is 16.8. The number of nitrogens with zero attached hydrogens (tertiary/aromatic N) is 1. The number of rotatable bonds is 3. The third kappa shape index (κ3) is 2.70. The molecule has 4 rings (SSSR count). The topological polar surface area (TPSA) is 60.3 Å². The molecule has 1 aliphatic heterocycles. The fraction of sp³-hybridized carbons (Fsp3) is 0.200. The van der Waals surface area contributed by atoms with Crippen LogP contribution in [0.3, 0.4) is 0 Å². The minimum atomic E-state index is -0.422. The molecule has 0 saturated carbocycles. The van der Waals surface area contributed by atoms with Crippen molar-refractivity contribution in [3.05, 3.63) is 68.4 Å². The van der Waals surface area contributed by atoms with Crippen LogP contribution >= 0.6 is 15.9 Å². The second-order valence-corrected chi connectivity index (χ2v) is 7.40. The van der Waals surface area contributed by atoms with E-state index in [9.17, 15) is 9.59 Å². The van der Waals surface area contributed by atoms with E-state index in [4.69, 9.17) is 4.74 Å². The van der Waals surface area contributed by atoms with Gasteiger partial charge >= 0.3 is 0 Å². The van der Waals surface area contributed by atoms with Gasteiger partial charge in [-0.1, -0.05) is 22.0 Å². The summed E-state index contributed by atoms with van der Waals surface area (Å²) in [5, 5.41) is 3.36. The summed E-state index contributed by atoms with van der Waals surface area (Å²) in [7, 11) is 1.56. The number of nitrogens with one attached hydrogen (secondary N) is 1. The Hall–Kier alpha value is -2.60. The van der Waals surface area contributed by atoms with E-state index in [0.717, 1.165) is 22.0 Å². The summed E-state index contributed by atoms with van der Waals surface area (Å²) in [6.45, 7) is 2.08. The number of carbonyl (C=O) groups excluding carboxylic acids is 1. The van der Waals surface area contributed by atoms with Gasteiger partial charge in [0.25, 0.3) is 5.91 Å². The standard InChI is InChI=1S/C20H17BrN2O3/c1-11-6-12-7-13(21)8-16-18(12)23(11)10-17(19(16)24)20(25)22-14-4-3-5-15(9-14)26-2/h3-5,7-11H,6H2,1-2H3,(H,22,25)/t11-/m1/s1. The number of pyridine rings is 1. The molecule has 0 saturated heterocycles. The van der Waals surface area contributed by atoms with Crippen molar-refractivity contribution in [2.45, 2.75) is 19.4 Å². The Morgan fingerprint density at radius 3 is 2.88 bits per heavy atom. The van der Waals surface area contributed by atoms with Crippen LogP contribution in [0.15, 0.2) is 51.9 Å². The molecule has 5 nitrogen and oxygen atoms in total. The molecule has 26 heavy (non-hydrogen) atoms. The molecule has 0 spiro atoms. The maximum Gasteiger partial charge on any atom is 0.261 e. The molecule has 3 aromatic rings. The first-order valence-electron chi connectivity index (χ1n) is 8.30. The van der Waals surface area contributed by atoms with Gasteiger partial charge in [-0.2, -0.15) is 0 Å². The Kier molecular flexibility index (Phi) is 4.07. The summed E-state index contributed by atoms with van der Waals surface area (Å²) in [6, 6.07) is 11.1. The molecule has 1 N–H and O–H groups in total. The van der Waals surface area contributed by atoms with Crippen molar-refractivity contribution < 1.29 is 9.53 Å². The zero-order valence-corrected chi connectivity index (χ0v) is 16.0. The van der Waals surface area contributed by atoms with Gasteiger partial charge in [0.15, 0.2) is 0 Å². The third-order valence-corrected chi connectivity index (χ3v) is 5.19. The van der Waals surface area contributed by atoms with Crippen LogP contribution in [0.25, 0.3) is 10.9 Å². The molecule has 0 aliphatic carbocycles. The van der Waals surface area contributed by atoms with Crippen molar-refractivity contribution in [2.24, 2.45) is 0 Å². The number of amides is 1. The smallest absolute Gasteiger partial charge is 0.261 e. The van der Waals surface area contributed by atoms with Gasteiger partial charge in [0.05, 0.1) is 12.6 Å². The number of halogens is 1. The van der Waals surface area contributed by atoms with E-state index < -0.39 is 5.91 Å². The molecule has 0 radical (unpaired) electrons. The van der Waals surface area contributed by atoms with Gasteiger partial charge in [-0.25, -0.2) is 0 Å². The fourth-order valence-electron chi connectivity index (χ4n) is 3.52. The van der Waals surface area contributed by atoms with Crippen molar-refractivity contribution in [3.63, 3.8) is 0 Å². The molecule has 1 aromatic heterocycles. The second kappa shape index (κ2) is 6.29. The normalized spacial score (nSPS) is 15.3. The SMILES string of the molecule is COc1cccc(NC(=O)c2cn3c4c(cc(Br)cc4c2=O)C[C@H]3C)c1. The molecule has 1 atom stereocenters. The molecular formula is C20H17BrN2O3. The number of carbonyl (C=O) groups is 1. The fourth-order valence-corrected chi connectivity index (χ4v) is 4.03. The van der Waals surface area contributed by atoms with Crippen molar-refractivity contribution >= 4 is 38.4 Å². The lowest BCUT2D eigenvalue weighted by atomic mass is 10.1. The minimum Gasteiger partial charge on any atom is -0.497 e. The number of benzene rings is 2. The Bertz CT molecular complexity index is 1100. The van der Waals surface area contributed by atoms with E-state index in [1.54, 1.807) is 43.6 Å². The van der Waals surface area contributed by atoms with Crippen LogP contribution in [0.4, 0.5) is 5.69 Å². The average Bonchev–Trinajstić information content (AvgIpc) is 2.93. The first-order valence-corrected chi connectivity index (χ1v) is 9.10. The Balaban J connectivity index is 1.81. The highest BCUT2D eigenvalue weighted by Crippen LogP contribution is 2.33. The summed E-state index contributed by atoms with van der Waals surface area (Å²) in [5.41, 5.74) is 2.51. The molecule has 1 amide bonds. The van der Waals surface area contributed by atoms with Crippen LogP contribution in [0, 0.1) is 0 Å². The number of methoxy groups -OCH3 is 1. The summed E-state index contributed by atoms with van der Waals surface area (Å²) in [4.78, 5) is 25.7. The summed E-state index contributed by atoms with van der Waals surface area (Å²) >= 11 is 3.47. The Labute approximate surface area is 158 Å². The summed E-state index contributed by atoms with van der Waals surface area (Å²) < 4.78 is 8.05. The number of ether oxygens (including phenoxy) is 1. The van der Waals surface area contributed by atoms with Crippen LogP contribution < -0.4 is 15.5 Å². The maximum atomic E-state index is 13.0. The van der Waals surface area contributed by atoms with Crippen molar-refractivity contribution in [3.8, 4) is 5.75 Å². The predicted molar refractivity (Wildman–Crippen MR) is 105 cm³/mol. The summed E-state index contributed by atoms with van der Waals surface area (Å²) in [5.74, 6) is 0.216. The van der Waals surface area contributed by atoms with Crippen LogP contribution in [0.5, 0.6) is 5.75 Å². The number of aromatic nitrogens is 1. The van der Waals surface area contributed by atoms with Crippen LogP contribution in [-0.4, -0.2) is 17.6 Å². The van der Waals surface area contributed by atoms with Crippen molar-refractivity contribution in [1.29, 1.82) is 0 Å². The molecular weight excluding hydrogens is 396 g/mol. The van der Waals surface area contributed by atoms with E-state index in [-0.39, 0.29) is 17.0 Å². The maximum absolute atomic E-state index is 13.0. The van der Waals surface area contributed by atoms with E-state index in [0.29, 0.717) is 16.8 Å². The number of hydrogen-bond donors (Lipinski definition) is 1. The zero-order valence-electron chi connectivity index (χ0n) is 14.4. The lowest BCUT2D eigenvalue weighted by molar-refractivity contribution is 0.102. The average molecular weight is 413 g/mol. The second-order valence-electron chi connectivity index (χ2n) is 6.48. The number of anilines is 1. The third-order valence-electron chi connectivity index (χ3n) is 4.73. The molecule has 0 fully saturated rings. The zero-order chi connectivity index (χ0) is 18.4. The molecule has 2 heterocycles. The van der Waals surface area contributed by atoms with Gasteiger partial charge in [0, 0.05) is 33.9 Å². The molecule has 132 valence electrons. The van der Waals surface area contributed by atoms with Crippen LogP contribution in [0.2, 0.25) is 0 Å². The summed E-state index contributed by atoms with van der Waals surface area (Å²) in [6.07, 6.45) is 2.52. The predicted octanol–water partition coefficient (Wildman–Crippen LogP) is 4.14. The van der Waals surface area contributed by atoms with E-state index >= 15 is 0 Å². The van der Waals surface area contributed by atoms with Crippen LogP contribution in [0.1, 0.15) is 28.9 Å². The highest BCUT2D eigenvalue weighted by atomic mass is 79.9. The van der Waals surface area contributed by atoms with Gasteiger partial charge in [-0.15, -0.1) is 0 Å². The molecule has 2 aromatic carbocycles. The van der Waals surface area contributed by atoms with E-state index in [1.165, 1.54) is 0 Å². The lowest BCUT2D eigenvalue weighted by Crippen LogP contribution is -2.23. The molecule has 1 aliphatic rings. The monoisotopic (exact) mass is 412 g/mol. The minimum absolute atomic E-state index is 0.137.